The van der Waals surface area contributed by atoms with Gasteiger partial charge in [-0.15, -0.1) is 0 Å². The highest BCUT2D eigenvalue weighted by Crippen LogP contribution is 2.36. The fourth-order valence-electron chi connectivity index (χ4n) is 2.16. The molecule has 1 aromatic carbocycles. The quantitative estimate of drug-likeness (QED) is 0.590. The normalized spacial score (nSPS) is 20.6. The molecule has 104 valence electrons. The molecule has 1 aliphatic rings. The van der Waals surface area contributed by atoms with Crippen LogP contribution in [0, 0.1) is 6.08 Å². The maximum Gasteiger partial charge on any atom is 0.494 e. The van der Waals surface area contributed by atoms with Crippen LogP contribution < -0.4 is 5.46 Å². The summed E-state index contributed by atoms with van der Waals surface area (Å²) in [6, 6.07) is 5.47. The van der Waals surface area contributed by atoms with Crippen LogP contribution >= 0.6 is 0 Å². The fraction of sp³-hybridized carbons (Fsp3) is 0.429. The van der Waals surface area contributed by atoms with Gasteiger partial charge in [0.1, 0.15) is 0 Å². The van der Waals surface area contributed by atoms with Crippen LogP contribution in [0.5, 0.6) is 0 Å². The molecular formula is C14H16BFN2O2. The van der Waals surface area contributed by atoms with Gasteiger partial charge in [-0.2, -0.15) is 4.39 Å². The maximum absolute atomic E-state index is 13.0. The fourth-order valence-corrected chi connectivity index (χ4v) is 2.16. The summed E-state index contributed by atoms with van der Waals surface area (Å²) in [6.45, 7) is 8.03. The van der Waals surface area contributed by atoms with Gasteiger partial charge in [0.05, 0.1) is 16.7 Å². The van der Waals surface area contributed by atoms with Gasteiger partial charge in [0.2, 0.25) is 0 Å². The van der Waals surface area contributed by atoms with Crippen LogP contribution in [0.15, 0.2) is 24.4 Å². The molecule has 20 heavy (non-hydrogen) atoms. The molecule has 0 aliphatic carbocycles. The van der Waals surface area contributed by atoms with Crippen LogP contribution in [-0.4, -0.2) is 28.3 Å². The van der Waals surface area contributed by atoms with Crippen LogP contribution in [0.2, 0.25) is 0 Å². The van der Waals surface area contributed by atoms with E-state index in [1.54, 1.807) is 6.07 Å². The van der Waals surface area contributed by atoms with Gasteiger partial charge < -0.3 is 9.31 Å². The molecule has 3 rings (SSSR count). The maximum atomic E-state index is 13.0. The Kier molecular flexibility index (Phi) is 2.85. The van der Waals surface area contributed by atoms with Crippen molar-refractivity contribution in [3.05, 3.63) is 30.5 Å². The van der Waals surface area contributed by atoms with E-state index in [1.807, 2.05) is 39.8 Å². The average molecular weight is 274 g/mol. The number of fused-ring (bicyclic) bond motifs is 1. The molecule has 0 unspecified atom stereocenters. The number of halogens is 1. The molecule has 6 heteroatoms. The Morgan fingerprint density at radius 1 is 1.10 bits per heavy atom. The lowest BCUT2D eigenvalue weighted by Gasteiger charge is -2.32. The molecule has 0 N–H and O–H groups in total. The van der Waals surface area contributed by atoms with E-state index in [9.17, 15) is 4.39 Å². The summed E-state index contributed by atoms with van der Waals surface area (Å²) < 4.78 is 24.9. The zero-order valence-corrected chi connectivity index (χ0v) is 12.0. The third-order valence-electron chi connectivity index (χ3n) is 4.10. The number of hydrogen-bond acceptors (Lipinski definition) is 4. The molecule has 1 fully saturated rings. The van der Waals surface area contributed by atoms with Crippen molar-refractivity contribution >= 4 is 23.5 Å². The monoisotopic (exact) mass is 274 g/mol. The topological polar surface area (TPSA) is 44.2 Å². The lowest BCUT2D eigenvalue weighted by Crippen LogP contribution is -2.41. The first kappa shape index (κ1) is 13.5. The number of hydrogen-bond donors (Lipinski definition) is 0. The van der Waals surface area contributed by atoms with E-state index in [0.717, 1.165) is 10.8 Å². The van der Waals surface area contributed by atoms with E-state index in [2.05, 4.69) is 9.97 Å². The zero-order valence-electron chi connectivity index (χ0n) is 12.0. The van der Waals surface area contributed by atoms with Crippen molar-refractivity contribution in [2.75, 3.05) is 0 Å². The van der Waals surface area contributed by atoms with Crippen LogP contribution in [-0.2, 0) is 9.31 Å². The van der Waals surface area contributed by atoms with Crippen molar-refractivity contribution in [1.29, 1.82) is 0 Å². The molecule has 0 amide bonds. The standard InChI is InChI=1S/C14H16BFN2O2/c1-13(2)14(3,4)20-15(19-13)10-5-6-11-9(7-10)8-17-12(16)18-11/h5-8H,1-4H3. The molecule has 1 aromatic heterocycles. The molecule has 1 aliphatic heterocycles. The summed E-state index contributed by atoms with van der Waals surface area (Å²) >= 11 is 0. The van der Waals surface area contributed by atoms with E-state index in [4.69, 9.17) is 9.31 Å². The van der Waals surface area contributed by atoms with Crippen molar-refractivity contribution in [3.63, 3.8) is 0 Å². The van der Waals surface area contributed by atoms with E-state index < -0.39 is 13.2 Å². The van der Waals surface area contributed by atoms with Gasteiger partial charge in [-0.05, 0) is 39.2 Å². The Bertz CT molecular complexity index is 659. The molecule has 0 spiro atoms. The highest BCUT2D eigenvalue weighted by atomic mass is 19.1. The van der Waals surface area contributed by atoms with Gasteiger partial charge in [-0.25, -0.2) is 9.97 Å². The minimum Gasteiger partial charge on any atom is -0.399 e. The zero-order chi connectivity index (χ0) is 14.5. The van der Waals surface area contributed by atoms with E-state index in [-0.39, 0.29) is 11.2 Å². The highest BCUT2D eigenvalue weighted by molar-refractivity contribution is 6.62. The average Bonchev–Trinajstić information content (AvgIpc) is 2.58. The number of aromatic nitrogens is 2. The first-order valence-electron chi connectivity index (χ1n) is 6.56. The van der Waals surface area contributed by atoms with Crippen molar-refractivity contribution in [3.8, 4) is 0 Å². The van der Waals surface area contributed by atoms with Crippen LogP contribution in [0.3, 0.4) is 0 Å². The van der Waals surface area contributed by atoms with Crippen molar-refractivity contribution in [1.82, 2.24) is 9.97 Å². The van der Waals surface area contributed by atoms with Gasteiger partial charge in [0.25, 0.3) is 0 Å². The summed E-state index contributed by atoms with van der Waals surface area (Å²) in [5.41, 5.74) is 0.682. The second-order valence-electron chi connectivity index (χ2n) is 6.05. The minimum atomic E-state index is -0.721. The third kappa shape index (κ3) is 2.09. The Morgan fingerprint density at radius 2 is 1.75 bits per heavy atom. The number of nitrogens with zero attached hydrogens (tertiary/aromatic N) is 2. The second kappa shape index (κ2) is 4.23. The van der Waals surface area contributed by atoms with Crippen molar-refractivity contribution in [2.24, 2.45) is 0 Å². The molecule has 2 heterocycles. The second-order valence-corrected chi connectivity index (χ2v) is 6.05. The van der Waals surface area contributed by atoms with E-state index in [1.165, 1.54) is 6.20 Å². The summed E-state index contributed by atoms with van der Waals surface area (Å²) in [7, 11) is -0.436. The van der Waals surface area contributed by atoms with Gasteiger partial charge >= 0.3 is 13.2 Å². The number of rotatable bonds is 1. The van der Waals surface area contributed by atoms with Crippen molar-refractivity contribution < 1.29 is 13.7 Å². The lowest BCUT2D eigenvalue weighted by molar-refractivity contribution is 0.00578. The van der Waals surface area contributed by atoms with Crippen LogP contribution in [0.4, 0.5) is 4.39 Å². The molecule has 0 saturated carbocycles. The minimum absolute atomic E-state index is 0.383. The summed E-state index contributed by atoms with van der Waals surface area (Å²) in [5, 5.41) is 0.763. The molecule has 0 radical (unpaired) electrons. The van der Waals surface area contributed by atoms with Gasteiger partial charge in [0, 0.05) is 11.6 Å². The Labute approximate surface area is 117 Å². The Morgan fingerprint density at radius 3 is 2.40 bits per heavy atom. The van der Waals surface area contributed by atoms with Crippen molar-refractivity contribution in [2.45, 2.75) is 38.9 Å². The summed E-state index contributed by atoms with van der Waals surface area (Å²) in [6.07, 6.45) is 0.743. The van der Waals surface area contributed by atoms with E-state index >= 15 is 0 Å². The predicted molar refractivity (Wildman–Crippen MR) is 75.2 cm³/mol. The van der Waals surface area contributed by atoms with E-state index in [0.29, 0.717) is 5.52 Å². The highest BCUT2D eigenvalue weighted by Gasteiger charge is 2.51. The van der Waals surface area contributed by atoms with Gasteiger partial charge in [0.15, 0.2) is 0 Å². The Hall–Kier alpha value is -1.53. The first-order chi connectivity index (χ1) is 9.28. The molecular weight excluding hydrogens is 258 g/mol. The third-order valence-corrected chi connectivity index (χ3v) is 4.10. The molecule has 0 atom stereocenters. The first-order valence-corrected chi connectivity index (χ1v) is 6.56. The Balaban J connectivity index is 1.98. The van der Waals surface area contributed by atoms with Crippen LogP contribution in [0.1, 0.15) is 27.7 Å². The summed E-state index contributed by atoms with van der Waals surface area (Å²) in [4.78, 5) is 7.31. The smallest absolute Gasteiger partial charge is 0.399 e. The summed E-state index contributed by atoms with van der Waals surface area (Å²) in [5.74, 6) is 0. The largest absolute Gasteiger partial charge is 0.494 e. The molecule has 4 nitrogen and oxygen atoms in total. The van der Waals surface area contributed by atoms with Crippen LogP contribution in [0.25, 0.3) is 10.9 Å². The molecule has 0 bridgehead atoms. The molecule has 2 aromatic rings. The molecule has 1 saturated heterocycles. The van der Waals surface area contributed by atoms with Gasteiger partial charge in [-0.1, -0.05) is 12.1 Å². The lowest BCUT2D eigenvalue weighted by atomic mass is 9.78. The van der Waals surface area contributed by atoms with Gasteiger partial charge in [-0.3, -0.25) is 0 Å². The number of benzene rings is 1. The SMILES string of the molecule is CC1(C)OB(c2ccc3nc(F)ncc3c2)OC1(C)C. The predicted octanol–water partition coefficient (Wildman–Crippen LogP) is 2.07.